The normalized spacial score (nSPS) is 11.8. The third kappa shape index (κ3) is 3.71. The van der Waals surface area contributed by atoms with Crippen LogP contribution in [0, 0.1) is 13.8 Å². The van der Waals surface area contributed by atoms with E-state index in [1.54, 1.807) is 7.11 Å². The van der Waals surface area contributed by atoms with Gasteiger partial charge >= 0.3 is 5.97 Å². The SMILES string of the molecule is COc1ccc(CC(NC(C)=O)C(=O)O)c(C)c1C. The van der Waals surface area contributed by atoms with E-state index in [1.165, 1.54) is 6.92 Å². The zero-order chi connectivity index (χ0) is 14.6. The van der Waals surface area contributed by atoms with E-state index >= 15 is 0 Å². The van der Waals surface area contributed by atoms with E-state index in [0.29, 0.717) is 0 Å². The van der Waals surface area contributed by atoms with Crippen molar-refractivity contribution in [2.45, 2.75) is 33.2 Å². The Morgan fingerprint density at radius 1 is 1.32 bits per heavy atom. The van der Waals surface area contributed by atoms with Crippen molar-refractivity contribution in [2.75, 3.05) is 7.11 Å². The highest BCUT2D eigenvalue weighted by Crippen LogP contribution is 2.24. The van der Waals surface area contributed by atoms with Gasteiger partial charge in [0.25, 0.3) is 0 Å². The molecular weight excluding hydrogens is 246 g/mol. The second-order valence-electron chi connectivity index (χ2n) is 4.47. The molecule has 0 saturated carbocycles. The third-order valence-electron chi connectivity index (χ3n) is 3.17. The highest BCUT2D eigenvalue weighted by atomic mass is 16.5. The summed E-state index contributed by atoms with van der Waals surface area (Å²) in [6.45, 7) is 5.15. The average molecular weight is 265 g/mol. The average Bonchev–Trinajstić information content (AvgIpc) is 2.33. The smallest absolute Gasteiger partial charge is 0.326 e. The van der Waals surface area contributed by atoms with Crippen LogP contribution in [0.25, 0.3) is 0 Å². The number of nitrogens with one attached hydrogen (secondary N) is 1. The molecule has 19 heavy (non-hydrogen) atoms. The summed E-state index contributed by atoms with van der Waals surface area (Å²) >= 11 is 0. The Labute approximate surface area is 112 Å². The maximum Gasteiger partial charge on any atom is 0.326 e. The molecule has 1 rings (SSSR count). The van der Waals surface area contributed by atoms with Gasteiger partial charge in [-0.05, 0) is 36.6 Å². The van der Waals surface area contributed by atoms with Crippen molar-refractivity contribution in [1.82, 2.24) is 5.32 Å². The summed E-state index contributed by atoms with van der Waals surface area (Å²) in [6, 6.07) is 2.73. The van der Waals surface area contributed by atoms with Crippen LogP contribution >= 0.6 is 0 Å². The van der Waals surface area contributed by atoms with Gasteiger partial charge in [0, 0.05) is 13.3 Å². The Morgan fingerprint density at radius 3 is 2.42 bits per heavy atom. The zero-order valence-electron chi connectivity index (χ0n) is 11.6. The van der Waals surface area contributed by atoms with Crippen LogP contribution in [-0.4, -0.2) is 30.1 Å². The number of benzene rings is 1. The number of hydrogen-bond donors (Lipinski definition) is 2. The predicted octanol–water partition coefficient (Wildman–Crippen LogP) is 1.44. The molecule has 0 aliphatic rings. The minimum absolute atomic E-state index is 0.256. The lowest BCUT2D eigenvalue weighted by atomic mass is 9.97. The van der Waals surface area contributed by atoms with Gasteiger partial charge in [-0.1, -0.05) is 6.07 Å². The standard InChI is InChI=1S/C14H19NO4/c1-8-9(2)13(19-4)6-5-11(8)7-12(14(17)18)15-10(3)16/h5-6,12H,7H2,1-4H3,(H,15,16)(H,17,18). The van der Waals surface area contributed by atoms with E-state index in [0.717, 1.165) is 22.4 Å². The van der Waals surface area contributed by atoms with Gasteiger partial charge in [0.15, 0.2) is 0 Å². The first-order chi connectivity index (χ1) is 8.86. The topological polar surface area (TPSA) is 75.6 Å². The Bertz CT molecular complexity index is 496. The maximum absolute atomic E-state index is 11.1. The fourth-order valence-electron chi connectivity index (χ4n) is 1.96. The molecule has 1 amide bonds. The first-order valence-corrected chi connectivity index (χ1v) is 5.99. The van der Waals surface area contributed by atoms with Crippen molar-refractivity contribution in [2.24, 2.45) is 0 Å². The van der Waals surface area contributed by atoms with E-state index in [4.69, 9.17) is 9.84 Å². The summed E-state index contributed by atoms with van der Waals surface area (Å²) < 4.78 is 5.21. The summed E-state index contributed by atoms with van der Waals surface area (Å²) in [5.74, 6) is -0.619. The van der Waals surface area contributed by atoms with E-state index in [9.17, 15) is 9.59 Å². The van der Waals surface area contributed by atoms with Crippen LogP contribution in [0.4, 0.5) is 0 Å². The minimum Gasteiger partial charge on any atom is -0.496 e. The van der Waals surface area contributed by atoms with E-state index in [2.05, 4.69) is 5.32 Å². The molecule has 5 heteroatoms. The number of carboxylic acids is 1. The molecule has 0 aliphatic heterocycles. The molecule has 104 valence electrons. The summed E-state index contributed by atoms with van der Waals surface area (Å²) in [6.07, 6.45) is 0.256. The molecule has 0 heterocycles. The highest BCUT2D eigenvalue weighted by molar-refractivity contribution is 5.82. The van der Waals surface area contributed by atoms with Gasteiger partial charge in [-0.25, -0.2) is 4.79 Å². The number of methoxy groups -OCH3 is 1. The number of ether oxygens (including phenoxy) is 1. The Hall–Kier alpha value is -2.04. The van der Waals surface area contributed by atoms with E-state index in [-0.39, 0.29) is 12.3 Å². The fraction of sp³-hybridized carbons (Fsp3) is 0.429. The first-order valence-electron chi connectivity index (χ1n) is 5.99. The molecule has 2 N–H and O–H groups in total. The van der Waals surface area contributed by atoms with Crippen LogP contribution < -0.4 is 10.1 Å². The van der Waals surface area contributed by atoms with Gasteiger partial charge in [-0.2, -0.15) is 0 Å². The molecule has 1 aromatic carbocycles. The molecule has 0 radical (unpaired) electrons. The second kappa shape index (κ2) is 6.22. The van der Waals surface area contributed by atoms with E-state index in [1.807, 2.05) is 26.0 Å². The van der Waals surface area contributed by atoms with Crippen molar-refractivity contribution in [3.63, 3.8) is 0 Å². The van der Waals surface area contributed by atoms with Crippen molar-refractivity contribution in [3.8, 4) is 5.75 Å². The molecule has 0 saturated heterocycles. The summed E-state index contributed by atoms with van der Waals surface area (Å²) in [5.41, 5.74) is 2.85. The molecule has 0 fully saturated rings. The van der Waals surface area contributed by atoms with Crippen molar-refractivity contribution in [3.05, 3.63) is 28.8 Å². The lowest BCUT2D eigenvalue weighted by Gasteiger charge is -2.17. The number of carbonyl (C=O) groups excluding carboxylic acids is 1. The Balaban J connectivity index is 3.00. The molecular formula is C14H19NO4. The monoisotopic (exact) mass is 265 g/mol. The molecule has 5 nitrogen and oxygen atoms in total. The summed E-state index contributed by atoms with van der Waals surface area (Å²) in [5, 5.41) is 11.5. The number of carbonyl (C=O) groups is 2. The van der Waals surface area contributed by atoms with Crippen LogP contribution in [-0.2, 0) is 16.0 Å². The van der Waals surface area contributed by atoms with E-state index < -0.39 is 12.0 Å². The van der Waals surface area contributed by atoms with Crippen LogP contribution in [0.1, 0.15) is 23.6 Å². The Morgan fingerprint density at radius 2 is 1.95 bits per heavy atom. The minimum atomic E-state index is -1.04. The fourth-order valence-corrected chi connectivity index (χ4v) is 1.96. The molecule has 0 spiro atoms. The van der Waals surface area contributed by atoms with Gasteiger partial charge < -0.3 is 15.2 Å². The maximum atomic E-state index is 11.1. The predicted molar refractivity (Wildman–Crippen MR) is 71.4 cm³/mol. The number of rotatable bonds is 5. The van der Waals surface area contributed by atoms with Gasteiger partial charge in [0.2, 0.25) is 5.91 Å². The quantitative estimate of drug-likeness (QED) is 0.844. The number of aliphatic carboxylic acids is 1. The lowest BCUT2D eigenvalue weighted by Crippen LogP contribution is -2.41. The molecule has 1 aromatic rings. The summed E-state index contributed by atoms with van der Waals surface area (Å²) in [4.78, 5) is 22.1. The van der Waals surface area contributed by atoms with Crippen LogP contribution in [0.3, 0.4) is 0 Å². The van der Waals surface area contributed by atoms with Crippen LogP contribution in [0.2, 0.25) is 0 Å². The number of hydrogen-bond acceptors (Lipinski definition) is 3. The molecule has 1 unspecified atom stereocenters. The van der Waals surface area contributed by atoms with Gasteiger partial charge in [-0.15, -0.1) is 0 Å². The molecule has 0 aliphatic carbocycles. The van der Waals surface area contributed by atoms with Gasteiger partial charge in [-0.3, -0.25) is 4.79 Å². The van der Waals surface area contributed by atoms with Crippen LogP contribution in [0.5, 0.6) is 5.75 Å². The number of carboxylic acid groups (broad SMARTS) is 1. The molecule has 0 aromatic heterocycles. The largest absolute Gasteiger partial charge is 0.496 e. The third-order valence-corrected chi connectivity index (χ3v) is 3.17. The van der Waals surface area contributed by atoms with Crippen molar-refractivity contribution >= 4 is 11.9 Å². The first kappa shape index (κ1) is 15.0. The number of amides is 1. The Kier molecular flexibility index (Phi) is 4.92. The zero-order valence-corrected chi connectivity index (χ0v) is 11.6. The highest BCUT2D eigenvalue weighted by Gasteiger charge is 2.20. The van der Waals surface area contributed by atoms with Crippen LogP contribution in [0.15, 0.2) is 12.1 Å². The van der Waals surface area contributed by atoms with Gasteiger partial charge in [0.1, 0.15) is 11.8 Å². The second-order valence-corrected chi connectivity index (χ2v) is 4.47. The lowest BCUT2D eigenvalue weighted by molar-refractivity contribution is -0.141. The van der Waals surface area contributed by atoms with Gasteiger partial charge in [0.05, 0.1) is 7.11 Å². The molecule has 1 atom stereocenters. The van der Waals surface area contributed by atoms with Crippen molar-refractivity contribution in [1.29, 1.82) is 0 Å². The van der Waals surface area contributed by atoms with Crippen molar-refractivity contribution < 1.29 is 19.4 Å². The summed E-state index contributed by atoms with van der Waals surface area (Å²) in [7, 11) is 1.60. The molecule has 0 bridgehead atoms.